The summed E-state index contributed by atoms with van der Waals surface area (Å²) >= 11 is 0. The van der Waals surface area contributed by atoms with Crippen molar-refractivity contribution in [1.29, 1.82) is 5.26 Å². The summed E-state index contributed by atoms with van der Waals surface area (Å²) in [4.78, 5) is 2.06. The second kappa shape index (κ2) is 5.52. The number of aliphatic hydroxyl groups excluding tert-OH is 1. The largest absolute Gasteiger partial charge is 0.391 e. The van der Waals surface area contributed by atoms with Gasteiger partial charge in [-0.3, -0.25) is 4.68 Å². The molecular formula is C11H18N4O. The Morgan fingerprint density at radius 1 is 1.56 bits per heavy atom. The molecule has 1 N–H and O–H groups in total. The number of nitrogens with zero attached hydrogens (tertiary/aromatic N) is 4. The van der Waals surface area contributed by atoms with E-state index in [2.05, 4.69) is 16.1 Å². The summed E-state index contributed by atoms with van der Waals surface area (Å²) in [6, 6.07) is 2.13. The maximum absolute atomic E-state index is 9.34. The third-order valence-electron chi connectivity index (χ3n) is 2.65. The number of aromatic nitrogens is 2. The van der Waals surface area contributed by atoms with Crippen molar-refractivity contribution in [2.24, 2.45) is 7.05 Å². The van der Waals surface area contributed by atoms with E-state index in [0.29, 0.717) is 13.0 Å². The predicted octanol–water partition coefficient (Wildman–Crippen LogP) is 0.961. The summed E-state index contributed by atoms with van der Waals surface area (Å²) in [5, 5.41) is 22.2. The van der Waals surface area contributed by atoms with Gasteiger partial charge in [-0.25, -0.2) is 0 Å². The first-order chi connectivity index (χ1) is 7.65. The normalized spacial score (nSPS) is 10.2. The Balaban J connectivity index is 3.04. The van der Waals surface area contributed by atoms with Crippen molar-refractivity contribution in [3.8, 4) is 6.07 Å². The van der Waals surface area contributed by atoms with Gasteiger partial charge in [-0.1, -0.05) is 0 Å². The van der Waals surface area contributed by atoms with Crippen LogP contribution in [0, 0.1) is 18.3 Å². The fourth-order valence-electron chi connectivity index (χ4n) is 1.87. The topological polar surface area (TPSA) is 65.1 Å². The molecule has 0 aliphatic heterocycles. The zero-order valence-electron chi connectivity index (χ0n) is 10.1. The minimum Gasteiger partial charge on any atom is -0.391 e. The van der Waals surface area contributed by atoms with Gasteiger partial charge in [-0.05, 0) is 13.8 Å². The SMILES string of the molecule is CCN(CCC#N)c1c(CO)c(C)nn1C. The second-order valence-electron chi connectivity index (χ2n) is 3.66. The lowest BCUT2D eigenvalue weighted by Crippen LogP contribution is -2.27. The van der Waals surface area contributed by atoms with Gasteiger partial charge in [0.05, 0.1) is 24.8 Å². The van der Waals surface area contributed by atoms with E-state index in [1.54, 1.807) is 4.68 Å². The molecule has 1 aromatic heterocycles. The summed E-state index contributed by atoms with van der Waals surface area (Å²) in [6.45, 7) is 5.36. The standard InChI is InChI=1S/C11H18N4O/c1-4-15(7-5-6-12)11-10(8-16)9(2)13-14(11)3/h16H,4-5,7-8H2,1-3H3. The summed E-state index contributed by atoms with van der Waals surface area (Å²) in [5.74, 6) is 0.915. The molecule has 1 aromatic rings. The van der Waals surface area contributed by atoms with Crippen LogP contribution in [-0.2, 0) is 13.7 Å². The minimum absolute atomic E-state index is 0.0158. The van der Waals surface area contributed by atoms with Crippen LogP contribution in [0.2, 0.25) is 0 Å². The highest BCUT2D eigenvalue weighted by Crippen LogP contribution is 2.23. The molecular weight excluding hydrogens is 204 g/mol. The number of nitriles is 1. The quantitative estimate of drug-likeness (QED) is 0.806. The molecule has 0 saturated carbocycles. The molecule has 0 aliphatic carbocycles. The van der Waals surface area contributed by atoms with Gasteiger partial charge in [-0.15, -0.1) is 0 Å². The Labute approximate surface area is 95.9 Å². The Morgan fingerprint density at radius 2 is 2.25 bits per heavy atom. The lowest BCUT2D eigenvalue weighted by atomic mass is 10.2. The fourth-order valence-corrected chi connectivity index (χ4v) is 1.87. The van der Waals surface area contributed by atoms with Crippen molar-refractivity contribution in [1.82, 2.24) is 9.78 Å². The lowest BCUT2D eigenvalue weighted by molar-refractivity contribution is 0.281. The first-order valence-electron chi connectivity index (χ1n) is 5.40. The molecule has 0 bridgehead atoms. The molecule has 0 amide bonds. The molecule has 0 aromatic carbocycles. The molecule has 0 unspecified atom stereocenters. The van der Waals surface area contributed by atoms with E-state index in [1.807, 2.05) is 20.9 Å². The Kier molecular flexibility index (Phi) is 4.32. The second-order valence-corrected chi connectivity index (χ2v) is 3.66. The van der Waals surface area contributed by atoms with Gasteiger partial charge in [0, 0.05) is 25.7 Å². The average Bonchev–Trinajstić information content (AvgIpc) is 2.55. The molecule has 1 heterocycles. The number of rotatable bonds is 5. The van der Waals surface area contributed by atoms with Crippen molar-refractivity contribution in [3.63, 3.8) is 0 Å². The van der Waals surface area contributed by atoms with Crippen LogP contribution in [0.25, 0.3) is 0 Å². The third-order valence-corrected chi connectivity index (χ3v) is 2.65. The number of hydrogen-bond donors (Lipinski definition) is 1. The smallest absolute Gasteiger partial charge is 0.132 e. The van der Waals surface area contributed by atoms with E-state index >= 15 is 0 Å². The van der Waals surface area contributed by atoms with Gasteiger partial charge in [0.1, 0.15) is 5.82 Å². The number of hydrogen-bond acceptors (Lipinski definition) is 4. The molecule has 88 valence electrons. The molecule has 1 rings (SSSR count). The molecule has 5 nitrogen and oxygen atoms in total. The number of aryl methyl sites for hydroxylation is 2. The molecule has 0 aliphatic rings. The first-order valence-corrected chi connectivity index (χ1v) is 5.40. The van der Waals surface area contributed by atoms with Crippen LogP contribution in [-0.4, -0.2) is 28.0 Å². The lowest BCUT2D eigenvalue weighted by Gasteiger charge is -2.22. The number of anilines is 1. The van der Waals surface area contributed by atoms with Gasteiger partial charge in [0.2, 0.25) is 0 Å². The maximum Gasteiger partial charge on any atom is 0.132 e. The van der Waals surface area contributed by atoms with Gasteiger partial charge in [0.15, 0.2) is 0 Å². The van der Waals surface area contributed by atoms with E-state index in [-0.39, 0.29) is 6.61 Å². The van der Waals surface area contributed by atoms with Crippen LogP contribution in [0.15, 0.2) is 0 Å². The molecule has 0 radical (unpaired) electrons. The van der Waals surface area contributed by atoms with E-state index in [9.17, 15) is 5.11 Å². The predicted molar refractivity (Wildman–Crippen MR) is 62.0 cm³/mol. The molecule has 0 spiro atoms. The Bertz CT molecular complexity index is 391. The van der Waals surface area contributed by atoms with E-state index in [4.69, 9.17) is 5.26 Å². The summed E-state index contributed by atoms with van der Waals surface area (Å²) in [5.41, 5.74) is 1.69. The van der Waals surface area contributed by atoms with Crippen molar-refractivity contribution < 1.29 is 5.11 Å². The number of aliphatic hydroxyl groups is 1. The van der Waals surface area contributed by atoms with Gasteiger partial charge in [0.25, 0.3) is 0 Å². The third kappa shape index (κ3) is 2.34. The van der Waals surface area contributed by atoms with Gasteiger partial charge < -0.3 is 10.0 Å². The van der Waals surface area contributed by atoms with Crippen molar-refractivity contribution in [3.05, 3.63) is 11.3 Å². The van der Waals surface area contributed by atoms with Crippen molar-refractivity contribution in [2.75, 3.05) is 18.0 Å². The van der Waals surface area contributed by atoms with Crippen LogP contribution in [0.4, 0.5) is 5.82 Å². The van der Waals surface area contributed by atoms with Crippen LogP contribution in [0.3, 0.4) is 0 Å². The molecule has 16 heavy (non-hydrogen) atoms. The van der Waals surface area contributed by atoms with Crippen LogP contribution < -0.4 is 4.90 Å². The van der Waals surface area contributed by atoms with Crippen LogP contribution in [0.1, 0.15) is 24.6 Å². The fraction of sp³-hybridized carbons (Fsp3) is 0.636. The Hall–Kier alpha value is -1.54. The highest BCUT2D eigenvalue weighted by molar-refractivity contribution is 5.49. The molecule has 5 heteroatoms. The Morgan fingerprint density at radius 3 is 2.75 bits per heavy atom. The van der Waals surface area contributed by atoms with Gasteiger partial charge in [-0.2, -0.15) is 10.4 Å². The molecule has 0 saturated heterocycles. The summed E-state index contributed by atoms with van der Waals surface area (Å²) in [7, 11) is 1.86. The average molecular weight is 222 g/mol. The minimum atomic E-state index is -0.0158. The zero-order valence-corrected chi connectivity index (χ0v) is 10.1. The summed E-state index contributed by atoms with van der Waals surface area (Å²) in [6.07, 6.45) is 0.475. The zero-order chi connectivity index (χ0) is 12.1. The van der Waals surface area contributed by atoms with Crippen LogP contribution in [0.5, 0.6) is 0 Å². The van der Waals surface area contributed by atoms with Crippen molar-refractivity contribution in [2.45, 2.75) is 26.9 Å². The first kappa shape index (κ1) is 12.5. The van der Waals surface area contributed by atoms with Crippen LogP contribution >= 0.6 is 0 Å². The van der Waals surface area contributed by atoms with E-state index < -0.39 is 0 Å². The maximum atomic E-state index is 9.34. The monoisotopic (exact) mass is 222 g/mol. The highest BCUT2D eigenvalue weighted by atomic mass is 16.3. The molecule has 0 atom stereocenters. The van der Waals surface area contributed by atoms with Gasteiger partial charge >= 0.3 is 0 Å². The van der Waals surface area contributed by atoms with E-state index in [0.717, 1.165) is 23.6 Å². The van der Waals surface area contributed by atoms with E-state index in [1.165, 1.54) is 0 Å². The molecule has 0 fully saturated rings. The van der Waals surface area contributed by atoms with Crippen molar-refractivity contribution >= 4 is 5.82 Å². The summed E-state index contributed by atoms with van der Waals surface area (Å²) < 4.78 is 1.77. The highest BCUT2D eigenvalue weighted by Gasteiger charge is 2.17.